The summed E-state index contributed by atoms with van der Waals surface area (Å²) in [5.74, 6) is 1.11. The lowest BCUT2D eigenvalue weighted by Gasteiger charge is -2.38. The summed E-state index contributed by atoms with van der Waals surface area (Å²) in [7, 11) is 0. The van der Waals surface area contributed by atoms with E-state index < -0.39 is 0 Å². The second-order valence-corrected chi connectivity index (χ2v) is 7.55. The Morgan fingerprint density at radius 3 is 2.42 bits per heavy atom. The van der Waals surface area contributed by atoms with E-state index >= 15 is 0 Å². The fourth-order valence-electron chi connectivity index (χ4n) is 4.00. The molecule has 1 aromatic carbocycles. The number of piperidine rings is 2. The highest BCUT2D eigenvalue weighted by molar-refractivity contribution is 5.79. The van der Waals surface area contributed by atoms with Crippen LogP contribution in [0.1, 0.15) is 51.1 Å². The summed E-state index contributed by atoms with van der Waals surface area (Å²) in [6, 6.07) is 7.07. The van der Waals surface area contributed by atoms with Crippen molar-refractivity contribution in [1.29, 1.82) is 0 Å². The summed E-state index contributed by atoms with van der Waals surface area (Å²) >= 11 is 0. The molecule has 2 aliphatic rings. The van der Waals surface area contributed by atoms with Crippen molar-refractivity contribution in [3.8, 4) is 0 Å². The van der Waals surface area contributed by atoms with Crippen LogP contribution in [0.3, 0.4) is 0 Å². The van der Waals surface area contributed by atoms with Crippen LogP contribution in [0.25, 0.3) is 0 Å². The van der Waals surface area contributed by atoms with Gasteiger partial charge in [0, 0.05) is 25.0 Å². The fraction of sp³-hybridized carbons (Fsp3) is 0.650. The van der Waals surface area contributed by atoms with Crippen molar-refractivity contribution in [3.05, 3.63) is 35.6 Å². The van der Waals surface area contributed by atoms with Crippen LogP contribution < -0.4 is 0 Å². The van der Waals surface area contributed by atoms with E-state index in [9.17, 15) is 9.18 Å². The third-order valence-corrected chi connectivity index (χ3v) is 5.85. The highest BCUT2D eigenvalue weighted by atomic mass is 19.1. The zero-order chi connectivity index (χ0) is 17.1. The van der Waals surface area contributed by atoms with Gasteiger partial charge in [0.05, 0.1) is 0 Å². The van der Waals surface area contributed by atoms with Gasteiger partial charge >= 0.3 is 0 Å². The molecule has 0 aliphatic carbocycles. The summed E-state index contributed by atoms with van der Waals surface area (Å²) in [6.45, 7) is 8.09. The van der Waals surface area contributed by atoms with Gasteiger partial charge in [-0.3, -0.25) is 9.69 Å². The Morgan fingerprint density at radius 1 is 1.12 bits per heavy atom. The molecule has 3 rings (SSSR count). The van der Waals surface area contributed by atoms with E-state index in [4.69, 9.17) is 0 Å². The SMILES string of the molecule is CC1CCN(C(=O)C2CCN([C@@H](C)c3cccc(F)c3)CC2)CC1. The molecule has 0 N–H and O–H groups in total. The molecule has 1 aromatic rings. The van der Waals surface area contributed by atoms with E-state index in [-0.39, 0.29) is 17.8 Å². The normalized spacial score (nSPS) is 22.5. The smallest absolute Gasteiger partial charge is 0.225 e. The number of hydrogen-bond donors (Lipinski definition) is 0. The predicted octanol–water partition coefficient (Wildman–Crippen LogP) is 3.86. The van der Waals surface area contributed by atoms with Crippen LogP contribution in [0.4, 0.5) is 4.39 Å². The molecule has 0 saturated carbocycles. The third-order valence-electron chi connectivity index (χ3n) is 5.85. The molecule has 2 fully saturated rings. The summed E-state index contributed by atoms with van der Waals surface area (Å²) in [5.41, 5.74) is 1.02. The van der Waals surface area contributed by atoms with Gasteiger partial charge in [0.25, 0.3) is 0 Å². The molecular formula is C20H29FN2O. The van der Waals surface area contributed by atoms with E-state index in [1.54, 1.807) is 12.1 Å². The van der Waals surface area contributed by atoms with Gasteiger partial charge in [-0.05, 0) is 69.3 Å². The number of rotatable bonds is 3. The van der Waals surface area contributed by atoms with Crippen LogP contribution in [0.5, 0.6) is 0 Å². The van der Waals surface area contributed by atoms with E-state index in [1.165, 1.54) is 6.07 Å². The van der Waals surface area contributed by atoms with Crippen molar-refractivity contribution in [2.45, 2.75) is 45.6 Å². The molecule has 132 valence electrons. The molecule has 2 saturated heterocycles. The van der Waals surface area contributed by atoms with Gasteiger partial charge < -0.3 is 4.90 Å². The number of benzene rings is 1. The Labute approximate surface area is 144 Å². The van der Waals surface area contributed by atoms with E-state index in [1.807, 2.05) is 6.07 Å². The fourth-order valence-corrected chi connectivity index (χ4v) is 4.00. The minimum Gasteiger partial charge on any atom is -0.342 e. The number of hydrogen-bond acceptors (Lipinski definition) is 2. The first kappa shape index (κ1) is 17.4. The molecule has 0 radical (unpaired) electrons. The van der Waals surface area contributed by atoms with Gasteiger partial charge in [-0.2, -0.15) is 0 Å². The average Bonchev–Trinajstić information content (AvgIpc) is 2.61. The second kappa shape index (κ2) is 7.64. The zero-order valence-electron chi connectivity index (χ0n) is 14.9. The highest BCUT2D eigenvalue weighted by Gasteiger charge is 2.31. The monoisotopic (exact) mass is 332 g/mol. The summed E-state index contributed by atoms with van der Waals surface area (Å²) in [4.78, 5) is 17.2. The molecular weight excluding hydrogens is 303 g/mol. The molecule has 0 unspecified atom stereocenters. The molecule has 0 spiro atoms. The maximum Gasteiger partial charge on any atom is 0.225 e. The maximum atomic E-state index is 13.4. The molecule has 2 heterocycles. The van der Waals surface area contributed by atoms with E-state index in [0.717, 1.165) is 63.3 Å². The maximum absolute atomic E-state index is 13.4. The Hall–Kier alpha value is -1.42. The molecule has 24 heavy (non-hydrogen) atoms. The molecule has 1 atom stereocenters. The van der Waals surface area contributed by atoms with Gasteiger partial charge in [0.1, 0.15) is 5.82 Å². The first-order valence-electron chi connectivity index (χ1n) is 9.33. The predicted molar refractivity (Wildman–Crippen MR) is 94.1 cm³/mol. The van der Waals surface area contributed by atoms with Crippen LogP contribution in [0.15, 0.2) is 24.3 Å². The quantitative estimate of drug-likeness (QED) is 0.839. The summed E-state index contributed by atoms with van der Waals surface area (Å²) < 4.78 is 13.4. The van der Waals surface area contributed by atoms with E-state index in [2.05, 4.69) is 23.6 Å². The lowest BCUT2D eigenvalue weighted by Crippen LogP contribution is -2.45. The van der Waals surface area contributed by atoms with Crippen molar-refractivity contribution < 1.29 is 9.18 Å². The van der Waals surface area contributed by atoms with Crippen molar-refractivity contribution in [3.63, 3.8) is 0 Å². The van der Waals surface area contributed by atoms with Gasteiger partial charge in [-0.15, -0.1) is 0 Å². The molecule has 1 amide bonds. The number of amides is 1. The van der Waals surface area contributed by atoms with Crippen molar-refractivity contribution in [1.82, 2.24) is 9.80 Å². The lowest BCUT2D eigenvalue weighted by molar-refractivity contribution is -0.138. The Balaban J connectivity index is 1.53. The lowest BCUT2D eigenvalue weighted by atomic mass is 9.91. The largest absolute Gasteiger partial charge is 0.342 e. The molecule has 2 aliphatic heterocycles. The van der Waals surface area contributed by atoms with Crippen molar-refractivity contribution in [2.75, 3.05) is 26.2 Å². The number of carbonyl (C=O) groups excluding carboxylic acids is 1. The first-order valence-corrected chi connectivity index (χ1v) is 9.33. The second-order valence-electron chi connectivity index (χ2n) is 7.55. The highest BCUT2D eigenvalue weighted by Crippen LogP contribution is 2.29. The minimum absolute atomic E-state index is 0.175. The van der Waals surface area contributed by atoms with Gasteiger partial charge in [-0.1, -0.05) is 19.1 Å². The van der Waals surface area contributed by atoms with Crippen LogP contribution in [-0.2, 0) is 4.79 Å². The first-order chi connectivity index (χ1) is 11.5. The zero-order valence-corrected chi connectivity index (χ0v) is 14.9. The van der Waals surface area contributed by atoms with Gasteiger partial charge in [-0.25, -0.2) is 4.39 Å². The van der Waals surface area contributed by atoms with Crippen molar-refractivity contribution in [2.24, 2.45) is 11.8 Å². The average molecular weight is 332 g/mol. The van der Waals surface area contributed by atoms with Crippen LogP contribution in [-0.4, -0.2) is 41.9 Å². The van der Waals surface area contributed by atoms with E-state index in [0.29, 0.717) is 5.91 Å². The van der Waals surface area contributed by atoms with Gasteiger partial charge in [0.2, 0.25) is 5.91 Å². The standard InChI is InChI=1S/C20H29FN2O/c1-15-6-10-23(11-7-15)20(24)17-8-12-22(13-9-17)16(2)18-4-3-5-19(21)14-18/h3-5,14-17H,6-13H2,1-2H3/t16-/m0/s1. The Kier molecular flexibility index (Phi) is 5.54. The summed E-state index contributed by atoms with van der Waals surface area (Å²) in [6.07, 6.45) is 4.12. The van der Waals surface area contributed by atoms with Crippen LogP contribution in [0, 0.1) is 17.7 Å². The molecule has 0 bridgehead atoms. The summed E-state index contributed by atoms with van der Waals surface area (Å²) in [5, 5.41) is 0. The number of nitrogens with zero attached hydrogens (tertiary/aromatic N) is 2. The Morgan fingerprint density at radius 2 is 1.79 bits per heavy atom. The van der Waals surface area contributed by atoms with Crippen LogP contribution in [0.2, 0.25) is 0 Å². The topological polar surface area (TPSA) is 23.6 Å². The molecule has 3 nitrogen and oxygen atoms in total. The third kappa shape index (κ3) is 3.97. The number of halogens is 1. The number of likely N-dealkylation sites (tertiary alicyclic amines) is 2. The van der Waals surface area contributed by atoms with Crippen LogP contribution >= 0.6 is 0 Å². The minimum atomic E-state index is -0.177. The molecule has 0 aromatic heterocycles. The van der Waals surface area contributed by atoms with Gasteiger partial charge in [0.15, 0.2) is 0 Å². The molecule has 4 heteroatoms. The number of carbonyl (C=O) groups is 1. The Bertz CT molecular complexity index is 561. The van der Waals surface area contributed by atoms with Crippen molar-refractivity contribution >= 4 is 5.91 Å².